The van der Waals surface area contributed by atoms with Gasteiger partial charge in [-0.15, -0.1) is 0 Å². The second-order valence-corrected chi connectivity index (χ2v) is 7.86. The molecule has 1 amide bonds. The van der Waals surface area contributed by atoms with Crippen LogP contribution in [0.1, 0.15) is 29.7 Å². The van der Waals surface area contributed by atoms with Crippen LogP contribution < -0.4 is 14.2 Å². The van der Waals surface area contributed by atoms with Gasteiger partial charge in [-0.25, -0.2) is 0 Å². The molecule has 3 aromatic rings. The molecule has 0 unspecified atom stereocenters. The lowest BCUT2D eigenvalue weighted by Gasteiger charge is -2.25. The molecule has 2 heterocycles. The maximum absolute atomic E-state index is 13.2. The number of rotatable bonds is 8. The summed E-state index contributed by atoms with van der Waals surface area (Å²) < 4.78 is 16.1. The Labute approximate surface area is 203 Å². The number of ether oxygens (including phenoxy) is 3. The van der Waals surface area contributed by atoms with Crippen molar-refractivity contribution < 1.29 is 28.9 Å². The number of pyridine rings is 1. The van der Waals surface area contributed by atoms with E-state index in [1.165, 1.54) is 19.1 Å². The Bertz CT molecular complexity index is 1250. The lowest BCUT2D eigenvalue weighted by molar-refractivity contribution is -0.140. The number of ketones is 1. The molecule has 1 aliphatic heterocycles. The monoisotopic (exact) mass is 474 g/mol. The Morgan fingerprint density at radius 1 is 1.03 bits per heavy atom. The van der Waals surface area contributed by atoms with E-state index in [0.29, 0.717) is 35.0 Å². The van der Waals surface area contributed by atoms with E-state index in [9.17, 15) is 14.7 Å². The first-order valence-corrected chi connectivity index (χ1v) is 11.1. The van der Waals surface area contributed by atoms with Crippen LogP contribution in [0, 0.1) is 0 Å². The predicted octanol–water partition coefficient (Wildman–Crippen LogP) is 4.12. The van der Waals surface area contributed by atoms with Crippen LogP contribution >= 0.6 is 0 Å². The molecule has 180 valence electrons. The zero-order valence-electron chi connectivity index (χ0n) is 19.7. The molecular formula is C27H26N2O6. The van der Waals surface area contributed by atoms with Crippen molar-refractivity contribution in [1.82, 2.24) is 9.88 Å². The summed E-state index contributed by atoms with van der Waals surface area (Å²) in [5, 5.41) is 11.3. The van der Waals surface area contributed by atoms with Gasteiger partial charge in [0.25, 0.3) is 11.7 Å². The number of amides is 1. The summed E-state index contributed by atoms with van der Waals surface area (Å²) in [4.78, 5) is 32.0. The van der Waals surface area contributed by atoms with Crippen molar-refractivity contribution >= 4 is 17.4 Å². The van der Waals surface area contributed by atoms with Crippen LogP contribution in [0.3, 0.4) is 0 Å². The number of aromatic nitrogens is 1. The zero-order valence-corrected chi connectivity index (χ0v) is 19.7. The molecule has 0 saturated carbocycles. The summed E-state index contributed by atoms with van der Waals surface area (Å²) >= 11 is 0. The maximum atomic E-state index is 13.2. The minimum Gasteiger partial charge on any atom is -0.507 e. The highest BCUT2D eigenvalue weighted by Gasteiger charge is 2.46. The number of carbonyl (C=O) groups is 2. The molecule has 0 bridgehead atoms. The number of aliphatic hydroxyl groups is 1. The molecular weight excluding hydrogens is 448 g/mol. The van der Waals surface area contributed by atoms with Crippen molar-refractivity contribution in [1.29, 1.82) is 0 Å². The molecule has 0 aliphatic carbocycles. The third kappa shape index (κ3) is 4.68. The van der Waals surface area contributed by atoms with Gasteiger partial charge in [0.2, 0.25) is 0 Å². The maximum Gasteiger partial charge on any atom is 0.295 e. The van der Waals surface area contributed by atoms with Crippen molar-refractivity contribution in [2.75, 3.05) is 20.8 Å². The van der Waals surface area contributed by atoms with Gasteiger partial charge in [-0.05, 0) is 54.4 Å². The minimum atomic E-state index is -0.807. The first-order chi connectivity index (χ1) is 17.0. The van der Waals surface area contributed by atoms with Gasteiger partial charge < -0.3 is 24.2 Å². The van der Waals surface area contributed by atoms with E-state index in [4.69, 9.17) is 14.2 Å². The average molecular weight is 475 g/mol. The average Bonchev–Trinajstić information content (AvgIpc) is 3.14. The van der Waals surface area contributed by atoms with Crippen molar-refractivity contribution in [3.05, 3.63) is 89.3 Å². The molecule has 0 spiro atoms. The SMILES string of the molecule is CCOc1ccc([C@@H]2C(=C(O)c3ccc(OC)c(OC)c3)C(=O)C(=O)N2Cc2cccnc2)cc1. The van der Waals surface area contributed by atoms with Crippen LogP contribution in [0.4, 0.5) is 0 Å². The van der Waals surface area contributed by atoms with Gasteiger partial charge in [-0.2, -0.15) is 0 Å². The second kappa shape index (κ2) is 10.3. The topological polar surface area (TPSA) is 98.2 Å². The van der Waals surface area contributed by atoms with E-state index in [-0.39, 0.29) is 17.9 Å². The lowest BCUT2D eigenvalue weighted by atomic mass is 9.95. The van der Waals surface area contributed by atoms with Crippen LogP contribution in [0.5, 0.6) is 17.2 Å². The highest BCUT2D eigenvalue weighted by molar-refractivity contribution is 6.46. The Kier molecular flexibility index (Phi) is 7.01. The highest BCUT2D eigenvalue weighted by atomic mass is 16.5. The van der Waals surface area contributed by atoms with Gasteiger partial charge in [0.05, 0.1) is 32.4 Å². The number of benzene rings is 2. The van der Waals surface area contributed by atoms with E-state index in [2.05, 4.69) is 4.98 Å². The van der Waals surface area contributed by atoms with Crippen LogP contribution in [0.2, 0.25) is 0 Å². The number of nitrogens with zero attached hydrogens (tertiary/aromatic N) is 2. The van der Waals surface area contributed by atoms with Gasteiger partial charge in [0.15, 0.2) is 11.5 Å². The molecule has 1 aliphatic rings. The zero-order chi connectivity index (χ0) is 24.9. The molecule has 1 fully saturated rings. The molecule has 1 saturated heterocycles. The van der Waals surface area contributed by atoms with Crippen molar-refractivity contribution in [2.24, 2.45) is 0 Å². The van der Waals surface area contributed by atoms with Gasteiger partial charge in [0, 0.05) is 24.5 Å². The first kappa shape index (κ1) is 23.8. The van der Waals surface area contributed by atoms with Crippen molar-refractivity contribution in [2.45, 2.75) is 19.5 Å². The number of hydrogen-bond donors (Lipinski definition) is 1. The van der Waals surface area contributed by atoms with E-state index < -0.39 is 17.7 Å². The normalized spacial score (nSPS) is 16.9. The molecule has 8 nitrogen and oxygen atoms in total. The number of hydrogen-bond acceptors (Lipinski definition) is 7. The van der Waals surface area contributed by atoms with Gasteiger partial charge in [0.1, 0.15) is 11.5 Å². The third-order valence-corrected chi connectivity index (χ3v) is 5.78. The summed E-state index contributed by atoms with van der Waals surface area (Å²) in [6.45, 7) is 2.55. The largest absolute Gasteiger partial charge is 0.507 e. The quantitative estimate of drug-likeness (QED) is 0.298. The Balaban J connectivity index is 1.84. The van der Waals surface area contributed by atoms with Crippen LogP contribution in [-0.2, 0) is 16.1 Å². The minimum absolute atomic E-state index is 0.00438. The smallest absolute Gasteiger partial charge is 0.295 e. The number of Topliss-reactive ketones (excluding diaryl/α,β-unsaturated/α-hetero) is 1. The number of aliphatic hydroxyl groups excluding tert-OH is 1. The second-order valence-electron chi connectivity index (χ2n) is 7.86. The third-order valence-electron chi connectivity index (χ3n) is 5.78. The molecule has 1 N–H and O–H groups in total. The van der Waals surface area contributed by atoms with Crippen LogP contribution in [0.15, 0.2) is 72.6 Å². The molecule has 2 aromatic carbocycles. The van der Waals surface area contributed by atoms with Crippen LogP contribution in [0.25, 0.3) is 5.76 Å². The number of carbonyl (C=O) groups excluding carboxylic acids is 2. The van der Waals surface area contributed by atoms with Crippen LogP contribution in [-0.4, -0.2) is 47.5 Å². The summed E-state index contributed by atoms with van der Waals surface area (Å²) in [5.41, 5.74) is 1.75. The predicted molar refractivity (Wildman–Crippen MR) is 129 cm³/mol. The number of likely N-dealkylation sites (tertiary alicyclic amines) is 1. The fourth-order valence-corrected chi connectivity index (χ4v) is 4.13. The Morgan fingerprint density at radius 2 is 1.77 bits per heavy atom. The molecule has 1 atom stereocenters. The summed E-state index contributed by atoms with van der Waals surface area (Å²) in [6, 6.07) is 14.7. The van der Waals surface area contributed by atoms with Gasteiger partial charge >= 0.3 is 0 Å². The van der Waals surface area contributed by atoms with Crippen molar-refractivity contribution in [3.63, 3.8) is 0 Å². The standard InChI is InChI=1S/C27H26N2O6/c1-4-35-20-10-7-18(8-11-20)24-23(25(30)19-9-12-21(33-2)22(14-19)34-3)26(31)27(32)29(24)16-17-6-5-13-28-15-17/h5-15,24,30H,4,16H2,1-3H3/t24-/m1/s1. The number of methoxy groups -OCH3 is 2. The molecule has 4 rings (SSSR count). The van der Waals surface area contributed by atoms with Gasteiger partial charge in [-0.3, -0.25) is 14.6 Å². The van der Waals surface area contributed by atoms with Gasteiger partial charge in [-0.1, -0.05) is 18.2 Å². The Morgan fingerprint density at radius 3 is 2.40 bits per heavy atom. The van der Waals surface area contributed by atoms with E-state index in [1.54, 1.807) is 60.9 Å². The fraction of sp³-hybridized carbons (Fsp3) is 0.222. The fourth-order valence-electron chi connectivity index (χ4n) is 4.13. The van der Waals surface area contributed by atoms with E-state index >= 15 is 0 Å². The Hall–Kier alpha value is -4.33. The summed E-state index contributed by atoms with van der Waals surface area (Å²) in [5.74, 6) is -0.227. The molecule has 0 radical (unpaired) electrons. The molecule has 8 heteroatoms. The summed E-state index contributed by atoms with van der Waals surface area (Å²) in [6.07, 6.45) is 3.28. The lowest BCUT2D eigenvalue weighted by Crippen LogP contribution is -2.29. The highest BCUT2D eigenvalue weighted by Crippen LogP contribution is 2.41. The molecule has 35 heavy (non-hydrogen) atoms. The van der Waals surface area contributed by atoms with E-state index in [1.807, 2.05) is 13.0 Å². The van der Waals surface area contributed by atoms with E-state index in [0.717, 1.165) is 5.56 Å². The first-order valence-electron chi connectivity index (χ1n) is 11.1. The van der Waals surface area contributed by atoms with Crippen molar-refractivity contribution in [3.8, 4) is 17.2 Å². The molecule has 1 aromatic heterocycles. The summed E-state index contributed by atoms with van der Waals surface area (Å²) in [7, 11) is 2.99.